The lowest BCUT2D eigenvalue weighted by Crippen LogP contribution is -2.30. The van der Waals surface area contributed by atoms with E-state index in [1.165, 1.54) is 0 Å². The highest BCUT2D eigenvalue weighted by Gasteiger charge is 2.27. The second-order valence-electron chi connectivity index (χ2n) is 3.55. The number of hydrogen-bond donors (Lipinski definition) is 0. The first-order valence-electron chi connectivity index (χ1n) is 4.42. The molecule has 3 nitrogen and oxygen atoms in total. The van der Waals surface area contributed by atoms with Gasteiger partial charge in [-0.3, -0.25) is 9.59 Å². The van der Waals surface area contributed by atoms with Crippen LogP contribution in [0.4, 0.5) is 0 Å². The molecule has 4 heteroatoms. The van der Waals surface area contributed by atoms with Gasteiger partial charge in [-0.15, -0.1) is 0 Å². The van der Waals surface area contributed by atoms with Crippen LogP contribution < -0.4 is 0 Å². The highest BCUT2D eigenvalue weighted by Crippen LogP contribution is 2.12. The number of hydrogen-bond acceptors (Lipinski definition) is 3. The molecule has 13 heavy (non-hydrogen) atoms. The van der Waals surface area contributed by atoms with Gasteiger partial charge >= 0.3 is 0 Å². The molecule has 0 spiro atoms. The third kappa shape index (κ3) is 3.03. The molecule has 74 valence electrons. The van der Waals surface area contributed by atoms with Gasteiger partial charge in [0.15, 0.2) is 5.78 Å². The number of ketones is 1. The fraction of sp³-hybridized carbons (Fsp3) is 0.778. The summed E-state index contributed by atoms with van der Waals surface area (Å²) in [5.41, 5.74) is 0. The molecule has 0 radical (unpaired) electrons. The Balaban J connectivity index is 2.36. The maximum Gasteiger partial charge on any atom is 0.230 e. The van der Waals surface area contributed by atoms with Crippen molar-refractivity contribution < 1.29 is 9.59 Å². The minimum atomic E-state index is -0.00190. The van der Waals surface area contributed by atoms with Crippen LogP contribution in [0.3, 0.4) is 0 Å². The Morgan fingerprint density at radius 1 is 1.54 bits per heavy atom. The van der Waals surface area contributed by atoms with E-state index in [2.05, 4.69) is 6.92 Å². The van der Waals surface area contributed by atoms with Crippen LogP contribution in [0.15, 0.2) is 0 Å². The molecule has 1 rings (SSSR count). The van der Waals surface area contributed by atoms with E-state index in [1.807, 2.05) is 6.26 Å². The van der Waals surface area contributed by atoms with Crippen LogP contribution >= 0.6 is 11.8 Å². The normalized spacial score (nSPS) is 19.7. The highest BCUT2D eigenvalue weighted by atomic mass is 32.2. The number of thioether (sulfide) groups is 1. The van der Waals surface area contributed by atoms with Crippen molar-refractivity contribution in [2.24, 2.45) is 5.92 Å². The first kappa shape index (κ1) is 10.6. The summed E-state index contributed by atoms with van der Waals surface area (Å²) in [6, 6.07) is 0. The van der Waals surface area contributed by atoms with Gasteiger partial charge in [-0.05, 0) is 17.9 Å². The van der Waals surface area contributed by atoms with E-state index in [0.29, 0.717) is 12.5 Å². The Labute approximate surface area is 82.9 Å². The van der Waals surface area contributed by atoms with Gasteiger partial charge in [0, 0.05) is 6.54 Å². The third-order valence-electron chi connectivity index (χ3n) is 2.05. The minimum absolute atomic E-state index is 0.00190. The van der Waals surface area contributed by atoms with Crippen molar-refractivity contribution in [1.82, 2.24) is 4.90 Å². The van der Waals surface area contributed by atoms with Gasteiger partial charge in [0.25, 0.3) is 0 Å². The SMILES string of the molecule is CSCC(C)CN1CC(=O)CC1=O. The van der Waals surface area contributed by atoms with E-state index in [1.54, 1.807) is 16.7 Å². The van der Waals surface area contributed by atoms with E-state index >= 15 is 0 Å². The molecule has 0 N–H and O–H groups in total. The van der Waals surface area contributed by atoms with Gasteiger partial charge < -0.3 is 4.90 Å². The number of likely N-dealkylation sites (tertiary alicyclic amines) is 1. The molecule has 0 aliphatic carbocycles. The molecule has 0 bridgehead atoms. The molecule has 0 aromatic rings. The lowest BCUT2D eigenvalue weighted by atomic mass is 10.2. The van der Waals surface area contributed by atoms with E-state index in [4.69, 9.17) is 0 Å². The number of nitrogens with zero attached hydrogens (tertiary/aromatic N) is 1. The summed E-state index contributed by atoms with van der Waals surface area (Å²) in [6.07, 6.45) is 2.17. The largest absolute Gasteiger partial charge is 0.335 e. The van der Waals surface area contributed by atoms with Crippen molar-refractivity contribution in [2.75, 3.05) is 25.1 Å². The Morgan fingerprint density at radius 3 is 2.69 bits per heavy atom. The molecule has 0 aromatic carbocycles. The molecule has 1 amide bonds. The van der Waals surface area contributed by atoms with E-state index in [9.17, 15) is 9.59 Å². The monoisotopic (exact) mass is 201 g/mol. The number of Topliss-reactive ketones (excluding diaryl/α,β-unsaturated/α-hetero) is 1. The first-order chi connectivity index (χ1) is 6.13. The molecule has 1 atom stereocenters. The second-order valence-corrected chi connectivity index (χ2v) is 4.46. The smallest absolute Gasteiger partial charge is 0.230 e. The zero-order valence-electron chi connectivity index (χ0n) is 8.08. The Morgan fingerprint density at radius 2 is 2.23 bits per heavy atom. The summed E-state index contributed by atoms with van der Waals surface area (Å²) in [5.74, 6) is 1.57. The molecule has 1 heterocycles. The van der Waals surface area contributed by atoms with Crippen LogP contribution in [0.1, 0.15) is 13.3 Å². The van der Waals surface area contributed by atoms with Crippen LogP contribution in [0, 0.1) is 5.92 Å². The number of carbonyl (C=O) groups excluding carboxylic acids is 2. The molecule has 1 fully saturated rings. The van der Waals surface area contributed by atoms with Crippen LogP contribution in [-0.2, 0) is 9.59 Å². The lowest BCUT2D eigenvalue weighted by Gasteiger charge is -2.18. The first-order valence-corrected chi connectivity index (χ1v) is 5.81. The van der Waals surface area contributed by atoms with Crippen molar-refractivity contribution in [1.29, 1.82) is 0 Å². The summed E-state index contributed by atoms with van der Waals surface area (Å²) >= 11 is 1.77. The standard InChI is InChI=1S/C9H15NO2S/c1-7(6-13-2)4-10-5-8(11)3-9(10)12/h7H,3-6H2,1-2H3. The summed E-state index contributed by atoms with van der Waals surface area (Å²) in [7, 11) is 0. The van der Waals surface area contributed by atoms with Gasteiger partial charge in [-0.2, -0.15) is 11.8 Å². The Bertz CT molecular complexity index is 218. The average molecular weight is 201 g/mol. The van der Waals surface area contributed by atoms with E-state index in [-0.39, 0.29) is 18.1 Å². The zero-order valence-corrected chi connectivity index (χ0v) is 8.89. The molecule has 1 aliphatic heterocycles. The quantitative estimate of drug-likeness (QED) is 0.631. The number of amides is 1. The fourth-order valence-corrected chi connectivity index (χ4v) is 2.19. The van der Waals surface area contributed by atoms with Crippen LogP contribution in [0.5, 0.6) is 0 Å². The van der Waals surface area contributed by atoms with Crippen molar-refractivity contribution in [2.45, 2.75) is 13.3 Å². The van der Waals surface area contributed by atoms with Crippen molar-refractivity contribution >= 4 is 23.5 Å². The molecule has 1 saturated heterocycles. The zero-order chi connectivity index (χ0) is 9.84. The minimum Gasteiger partial charge on any atom is -0.335 e. The summed E-state index contributed by atoms with van der Waals surface area (Å²) in [5, 5.41) is 0. The van der Waals surface area contributed by atoms with Gasteiger partial charge in [-0.25, -0.2) is 0 Å². The predicted molar refractivity (Wildman–Crippen MR) is 53.8 cm³/mol. The highest BCUT2D eigenvalue weighted by molar-refractivity contribution is 7.98. The average Bonchev–Trinajstić information content (AvgIpc) is 2.30. The van der Waals surface area contributed by atoms with Gasteiger partial charge in [0.2, 0.25) is 5.91 Å². The van der Waals surface area contributed by atoms with Gasteiger partial charge in [-0.1, -0.05) is 6.92 Å². The summed E-state index contributed by atoms with van der Waals surface area (Å²) in [6.45, 7) is 3.16. The molecule has 0 saturated carbocycles. The molecular formula is C9H15NO2S. The summed E-state index contributed by atoms with van der Waals surface area (Å²) in [4.78, 5) is 23.8. The molecule has 0 aromatic heterocycles. The topological polar surface area (TPSA) is 37.4 Å². The maximum atomic E-state index is 11.2. The van der Waals surface area contributed by atoms with Crippen molar-refractivity contribution in [3.05, 3.63) is 0 Å². The number of rotatable bonds is 4. The molecule has 1 unspecified atom stereocenters. The lowest BCUT2D eigenvalue weighted by molar-refractivity contribution is -0.128. The van der Waals surface area contributed by atoms with Crippen molar-refractivity contribution in [3.63, 3.8) is 0 Å². The molecular weight excluding hydrogens is 186 g/mol. The maximum absolute atomic E-state index is 11.2. The van der Waals surface area contributed by atoms with E-state index in [0.717, 1.165) is 12.3 Å². The number of carbonyl (C=O) groups is 2. The van der Waals surface area contributed by atoms with Crippen LogP contribution in [0.2, 0.25) is 0 Å². The van der Waals surface area contributed by atoms with Crippen LogP contribution in [-0.4, -0.2) is 41.7 Å². The van der Waals surface area contributed by atoms with Crippen molar-refractivity contribution in [3.8, 4) is 0 Å². The Hall–Kier alpha value is -0.510. The predicted octanol–water partition coefficient (Wildman–Crippen LogP) is 0.787. The summed E-state index contributed by atoms with van der Waals surface area (Å²) < 4.78 is 0. The fourth-order valence-electron chi connectivity index (χ4n) is 1.52. The third-order valence-corrected chi connectivity index (χ3v) is 2.95. The molecule has 1 aliphatic rings. The second kappa shape index (κ2) is 4.65. The van der Waals surface area contributed by atoms with Gasteiger partial charge in [0.1, 0.15) is 0 Å². The van der Waals surface area contributed by atoms with Crippen LogP contribution in [0.25, 0.3) is 0 Å². The Kier molecular flexibility index (Phi) is 3.78. The van der Waals surface area contributed by atoms with E-state index < -0.39 is 0 Å². The van der Waals surface area contributed by atoms with Gasteiger partial charge in [0.05, 0.1) is 13.0 Å².